The van der Waals surface area contributed by atoms with Crippen LogP contribution >= 0.6 is 0 Å². The number of carbonyl (C=O) groups excluding carboxylic acids is 1. The number of rotatable bonds is 5. The highest BCUT2D eigenvalue weighted by Crippen LogP contribution is 2.28. The molecular formula is C21H26FN3O3. The van der Waals surface area contributed by atoms with Crippen LogP contribution in [0, 0.1) is 17.7 Å². The van der Waals surface area contributed by atoms with Gasteiger partial charge < -0.3 is 19.5 Å². The highest BCUT2D eigenvalue weighted by molar-refractivity contribution is 5.76. The quantitative estimate of drug-likeness (QED) is 0.854. The third-order valence-corrected chi connectivity index (χ3v) is 5.72. The minimum atomic E-state index is -0.274. The lowest BCUT2D eigenvalue weighted by atomic mass is 9.81. The molecule has 1 aromatic carbocycles. The summed E-state index contributed by atoms with van der Waals surface area (Å²) in [5, 5.41) is 7.64. The number of hydrogen-bond donors (Lipinski definition) is 1. The van der Waals surface area contributed by atoms with Crippen molar-refractivity contribution in [3.05, 3.63) is 41.8 Å². The smallest absolute Gasteiger partial charge is 0.223 e. The van der Waals surface area contributed by atoms with Crippen LogP contribution in [0.25, 0.3) is 11.3 Å². The Morgan fingerprint density at radius 2 is 2.00 bits per heavy atom. The largest absolute Gasteiger partial charge is 0.378 e. The van der Waals surface area contributed by atoms with E-state index in [1.54, 1.807) is 12.1 Å². The van der Waals surface area contributed by atoms with Crippen molar-refractivity contribution < 1.29 is 18.4 Å². The molecule has 2 unspecified atom stereocenters. The molecule has 0 aliphatic carbocycles. The van der Waals surface area contributed by atoms with E-state index >= 15 is 0 Å². The minimum Gasteiger partial charge on any atom is -0.378 e. The Morgan fingerprint density at radius 1 is 1.21 bits per heavy atom. The van der Waals surface area contributed by atoms with Crippen LogP contribution in [-0.4, -0.2) is 55.4 Å². The van der Waals surface area contributed by atoms with E-state index in [0.717, 1.165) is 37.2 Å². The lowest BCUT2D eigenvalue weighted by Gasteiger charge is -2.34. The van der Waals surface area contributed by atoms with Gasteiger partial charge in [0.05, 0.1) is 18.9 Å². The number of nitrogens with zero attached hydrogens (tertiary/aromatic N) is 2. The van der Waals surface area contributed by atoms with Crippen molar-refractivity contribution >= 4 is 5.91 Å². The number of aromatic nitrogens is 1. The van der Waals surface area contributed by atoms with Crippen molar-refractivity contribution in [2.75, 3.05) is 39.4 Å². The zero-order valence-corrected chi connectivity index (χ0v) is 15.9. The summed E-state index contributed by atoms with van der Waals surface area (Å²) in [6.07, 6.45) is 2.33. The van der Waals surface area contributed by atoms with E-state index in [4.69, 9.17) is 9.26 Å². The van der Waals surface area contributed by atoms with Gasteiger partial charge in [-0.05, 0) is 62.0 Å². The zero-order chi connectivity index (χ0) is 19.3. The molecule has 1 N–H and O–H groups in total. The molecule has 0 bridgehead atoms. The fourth-order valence-corrected chi connectivity index (χ4v) is 4.08. The van der Waals surface area contributed by atoms with Gasteiger partial charge >= 0.3 is 0 Å². The summed E-state index contributed by atoms with van der Waals surface area (Å²) in [7, 11) is 0. The molecule has 7 heteroatoms. The summed E-state index contributed by atoms with van der Waals surface area (Å²) in [5.41, 5.74) is 1.68. The van der Waals surface area contributed by atoms with E-state index in [0.29, 0.717) is 50.3 Å². The van der Waals surface area contributed by atoms with Gasteiger partial charge in [0.1, 0.15) is 5.82 Å². The Balaban J connectivity index is 1.39. The van der Waals surface area contributed by atoms with E-state index in [-0.39, 0.29) is 11.7 Å². The average Bonchev–Trinajstić information content (AvgIpc) is 3.19. The molecule has 0 saturated carbocycles. The minimum absolute atomic E-state index is 0.229. The van der Waals surface area contributed by atoms with Crippen molar-refractivity contribution in [3.8, 4) is 11.3 Å². The highest BCUT2D eigenvalue weighted by Gasteiger charge is 2.30. The number of ether oxygens (including phenoxy) is 1. The Bertz CT molecular complexity index is 786. The predicted molar refractivity (Wildman–Crippen MR) is 102 cm³/mol. The molecule has 2 saturated heterocycles. The third kappa shape index (κ3) is 4.59. The van der Waals surface area contributed by atoms with Gasteiger partial charge in [-0.25, -0.2) is 4.39 Å². The molecule has 150 valence electrons. The molecule has 6 nitrogen and oxygen atoms in total. The second-order valence-electron chi connectivity index (χ2n) is 7.60. The van der Waals surface area contributed by atoms with Gasteiger partial charge in [0.2, 0.25) is 5.91 Å². The molecule has 2 aliphatic rings. The van der Waals surface area contributed by atoms with Crippen molar-refractivity contribution in [2.24, 2.45) is 11.8 Å². The Hall–Kier alpha value is -2.25. The van der Waals surface area contributed by atoms with Crippen LogP contribution in [-0.2, 0) is 16.0 Å². The van der Waals surface area contributed by atoms with Gasteiger partial charge in [-0.15, -0.1) is 0 Å². The lowest BCUT2D eigenvalue weighted by molar-refractivity contribution is -0.136. The Labute approximate surface area is 164 Å². The zero-order valence-electron chi connectivity index (χ0n) is 15.9. The molecule has 2 fully saturated rings. The number of halogens is 1. The van der Waals surface area contributed by atoms with Crippen molar-refractivity contribution in [1.82, 2.24) is 15.4 Å². The second-order valence-corrected chi connectivity index (χ2v) is 7.60. The fraction of sp³-hybridized carbons (Fsp3) is 0.524. The number of morpholine rings is 1. The molecule has 28 heavy (non-hydrogen) atoms. The maximum atomic E-state index is 13.1. The first-order valence-corrected chi connectivity index (χ1v) is 9.97. The van der Waals surface area contributed by atoms with E-state index in [1.165, 1.54) is 12.1 Å². The number of hydrogen-bond acceptors (Lipinski definition) is 5. The monoisotopic (exact) mass is 387 g/mol. The Kier molecular flexibility index (Phi) is 6.02. The first kappa shape index (κ1) is 19.1. The maximum absolute atomic E-state index is 13.1. The Morgan fingerprint density at radius 3 is 2.79 bits per heavy atom. The van der Waals surface area contributed by atoms with E-state index in [2.05, 4.69) is 10.5 Å². The van der Waals surface area contributed by atoms with Crippen LogP contribution in [0.5, 0.6) is 0 Å². The van der Waals surface area contributed by atoms with Crippen molar-refractivity contribution in [2.45, 2.75) is 19.3 Å². The molecule has 0 radical (unpaired) electrons. The van der Waals surface area contributed by atoms with Crippen molar-refractivity contribution in [3.63, 3.8) is 0 Å². The van der Waals surface area contributed by atoms with E-state index in [1.807, 2.05) is 11.0 Å². The molecule has 1 aromatic heterocycles. The first-order valence-electron chi connectivity index (χ1n) is 9.97. The van der Waals surface area contributed by atoms with Crippen LogP contribution < -0.4 is 5.32 Å². The molecule has 2 aromatic rings. The van der Waals surface area contributed by atoms with Crippen LogP contribution in [0.1, 0.15) is 18.5 Å². The summed E-state index contributed by atoms with van der Waals surface area (Å²) < 4.78 is 23.9. The molecular weight excluding hydrogens is 361 g/mol. The molecule has 2 atom stereocenters. The number of amides is 1. The predicted octanol–water partition coefficient (Wildman–Crippen LogP) is 2.50. The standard InChI is InChI=1S/C21H26FN3O3/c22-18-3-1-15(2-4-18)20-13-19(24-28-20)11-17-14-23-6-5-16(17)12-21(26)25-7-9-27-10-8-25/h1-4,13,16-17,23H,5-12,14H2. The van der Waals surface area contributed by atoms with Gasteiger partial charge in [0.25, 0.3) is 0 Å². The van der Waals surface area contributed by atoms with Crippen LogP contribution in [0.4, 0.5) is 4.39 Å². The highest BCUT2D eigenvalue weighted by atomic mass is 19.1. The van der Waals surface area contributed by atoms with Crippen molar-refractivity contribution in [1.29, 1.82) is 0 Å². The van der Waals surface area contributed by atoms with Crippen LogP contribution in [0.3, 0.4) is 0 Å². The van der Waals surface area contributed by atoms with Gasteiger partial charge in [-0.1, -0.05) is 5.16 Å². The first-order chi connectivity index (χ1) is 13.7. The van der Waals surface area contributed by atoms with Crippen LogP contribution in [0.2, 0.25) is 0 Å². The summed E-state index contributed by atoms with van der Waals surface area (Å²) in [4.78, 5) is 14.6. The average molecular weight is 387 g/mol. The molecule has 0 spiro atoms. The molecule has 2 aliphatic heterocycles. The number of carbonyl (C=O) groups is 1. The van der Waals surface area contributed by atoms with Gasteiger partial charge in [-0.3, -0.25) is 4.79 Å². The molecule has 3 heterocycles. The topological polar surface area (TPSA) is 67.6 Å². The normalized spacial score (nSPS) is 23.0. The number of piperidine rings is 1. The number of nitrogens with one attached hydrogen (secondary N) is 1. The summed E-state index contributed by atoms with van der Waals surface area (Å²) in [6.45, 7) is 4.47. The van der Waals surface area contributed by atoms with Gasteiger partial charge in [-0.2, -0.15) is 0 Å². The van der Waals surface area contributed by atoms with Crippen LogP contribution in [0.15, 0.2) is 34.9 Å². The third-order valence-electron chi connectivity index (χ3n) is 5.72. The van der Waals surface area contributed by atoms with Gasteiger partial charge in [0, 0.05) is 31.1 Å². The summed E-state index contributed by atoms with van der Waals surface area (Å²) in [6, 6.07) is 8.12. The molecule has 4 rings (SSSR count). The van der Waals surface area contributed by atoms with Gasteiger partial charge in [0.15, 0.2) is 5.76 Å². The molecule has 1 amide bonds. The second kappa shape index (κ2) is 8.84. The summed E-state index contributed by atoms with van der Waals surface area (Å²) >= 11 is 0. The SMILES string of the molecule is O=C(CC1CCNCC1Cc1cc(-c2ccc(F)cc2)on1)N1CCOCC1. The fourth-order valence-electron chi connectivity index (χ4n) is 4.08. The maximum Gasteiger partial charge on any atom is 0.223 e. The lowest BCUT2D eigenvalue weighted by Crippen LogP contribution is -2.44. The summed E-state index contributed by atoms with van der Waals surface area (Å²) in [5.74, 6) is 1.27. The van der Waals surface area contributed by atoms with E-state index < -0.39 is 0 Å². The van der Waals surface area contributed by atoms with E-state index in [9.17, 15) is 9.18 Å². The number of benzene rings is 1.